The summed E-state index contributed by atoms with van der Waals surface area (Å²) in [4.78, 5) is 10.2. The molecule has 0 spiro atoms. The highest BCUT2D eigenvalue weighted by Gasteiger charge is 2.23. The van der Waals surface area contributed by atoms with E-state index in [-0.39, 0.29) is 17.1 Å². The molecule has 12 heavy (non-hydrogen) atoms. The van der Waals surface area contributed by atoms with Crippen molar-refractivity contribution < 1.29 is 15.0 Å². The summed E-state index contributed by atoms with van der Waals surface area (Å²) >= 11 is 1.36. The number of carbonyl (C=O) groups is 1. The third-order valence-corrected chi connectivity index (χ3v) is 3.48. The standard InChI is InChI=1S/C8H14O3S/c9-6-3-1-2-4-7(6)12-5-8(10)11/h6-7,9H,1-5H2,(H,10,11). The lowest BCUT2D eigenvalue weighted by Gasteiger charge is -2.26. The van der Waals surface area contributed by atoms with Gasteiger partial charge in [-0.25, -0.2) is 0 Å². The number of aliphatic hydroxyl groups is 1. The van der Waals surface area contributed by atoms with Crippen LogP contribution in [0.3, 0.4) is 0 Å². The van der Waals surface area contributed by atoms with Crippen molar-refractivity contribution >= 4 is 17.7 Å². The number of rotatable bonds is 3. The third-order valence-electron chi connectivity index (χ3n) is 2.09. The number of carboxylic acids is 1. The van der Waals surface area contributed by atoms with Crippen molar-refractivity contribution in [2.75, 3.05) is 5.75 Å². The van der Waals surface area contributed by atoms with Crippen LogP contribution in [-0.4, -0.2) is 33.3 Å². The predicted molar refractivity (Wildman–Crippen MR) is 48.4 cm³/mol. The molecule has 70 valence electrons. The lowest BCUT2D eigenvalue weighted by molar-refractivity contribution is -0.133. The first-order valence-electron chi connectivity index (χ1n) is 4.21. The summed E-state index contributed by atoms with van der Waals surface area (Å²) in [6.07, 6.45) is 3.69. The van der Waals surface area contributed by atoms with E-state index < -0.39 is 5.97 Å². The van der Waals surface area contributed by atoms with Crippen LogP contribution in [0.5, 0.6) is 0 Å². The molecule has 2 unspecified atom stereocenters. The Balaban J connectivity index is 2.24. The molecule has 0 aliphatic heterocycles. The Bertz CT molecular complexity index is 160. The molecule has 0 aromatic heterocycles. The third kappa shape index (κ3) is 3.03. The molecule has 0 bridgehead atoms. The van der Waals surface area contributed by atoms with Gasteiger partial charge >= 0.3 is 5.97 Å². The van der Waals surface area contributed by atoms with Gasteiger partial charge in [0, 0.05) is 5.25 Å². The van der Waals surface area contributed by atoms with E-state index in [9.17, 15) is 9.90 Å². The number of carboxylic acid groups (broad SMARTS) is 1. The van der Waals surface area contributed by atoms with Crippen LogP contribution in [0, 0.1) is 0 Å². The highest BCUT2D eigenvalue weighted by Crippen LogP contribution is 2.28. The maximum absolute atomic E-state index is 10.2. The van der Waals surface area contributed by atoms with Gasteiger partial charge in [-0.1, -0.05) is 12.8 Å². The quantitative estimate of drug-likeness (QED) is 0.700. The van der Waals surface area contributed by atoms with E-state index in [2.05, 4.69) is 0 Å². The minimum atomic E-state index is -0.794. The predicted octanol–water partition coefficient (Wildman–Crippen LogP) is 1.11. The van der Waals surface area contributed by atoms with Crippen molar-refractivity contribution in [2.45, 2.75) is 37.0 Å². The minimum absolute atomic E-state index is 0.113. The van der Waals surface area contributed by atoms with Crippen molar-refractivity contribution in [3.8, 4) is 0 Å². The second-order valence-corrected chi connectivity index (χ2v) is 4.32. The molecule has 0 aromatic rings. The number of aliphatic hydroxyl groups excluding tert-OH is 1. The SMILES string of the molecule is O=C(O)CSC1CCCCC1O. The average molecular weight is 190 g/mol. The van der Waals surface area contributed by atoms with E-state index in [1.165, 1.54) is 11.8 Å². The summed E-state index contributed by atoms with van der Waals surface area (Å²) in [6.45, 7) is 0. The van der Waals surface area contributed by atoms with E-state index >= 15 is 0 Å². The van der Waals surface area contributed by atoms with E-state index in [4.69, 9.17) is 5.11 Å². The molecule has 1 aliphatic carbocycles. The zero-order valence-corrected chi connectivity index (χ0v) is 7.72. The molecule has 0 radical (unpaired) electrons. The van der Waals surface area contributed by atoms with E-state index in [1.807, 2.05) is 0 Å². The number of thioether (sulfide) groups is 1. The summed E-state index contributed by atoms with van der Waals surface area (Å²) in [7, 11) is 0. The molecule has 1 rings (SSSR count). The first-order valence-corrected chi connectivity index (χ1v) is 5.26. The molecule has 2 atom stereocenters. The van der Waals surface area contributed by atoms with Gasteiger partial charge in [0.1, 0.15) is 0 Å². The topological polar surface area (TPSA) is 57.5 Å². The lowest BCUT2D eigenvalue weighted by Crippen LogP contribution is -2.27. The molecule has 0 aromatic carbocycles. The van der Waals surface area contributed by atoms with Gasteiger partial charge in [-0.2, -0.15) is 0 Å². The van der Waals surface area contributed by atoms with Gasteiger partial charge in [-0.05, 0) is 12.8 Å². The zero-order valence-electron chi connectivity index (χ0n) is 6.90. The largest absolute Gasteiger partial charge is 0.481 e. The second-order valence-electron chi connectivity index (χ2n) is 3.09. The van der Waals surface area contributed by atoms with E-state index in [0.29, 0.717) is 0 Å². The van der Waals surface area contributed by atoms with E-state index in [0.717, 1.165) is 25.7 Å². The Labute approximate surface area is 76.2 Å². The maximum Gasteiger partial charge on any atom is 0.313 e. The molecule has 1 aliphatic rings. The molecule has 3 nitrogen and oxygen atoms in total. The summed E-state index contributed by atoms with van der Waals surface area (Å²) in [6, 6.07) is 0. The van der Waals surface area contributed by atoms with Crippen LogP contribution in [0.15, 0.2) is 0 Å². The normalized spacial score (nSPS) is 30.1. The Hall–Kier alpha value is -0.220. The van der Waals surface area contributed by atoms with Crippen LogP contribution in [0.1, 0.15) is 25.7 Å². The van der Waals surface area contributed by atoms with E-state index in [1.54, 1.807) is 0 Å². The van der Waals surface area contributed by atoms with Gasteiger partial charge in [-0.15, -0.1) is 11.8 Å². The van der Waals surface area contributed by atoms with Crippen LogP contribution < -0.4 is 0 Å². The number of hydrogen-bond acceptors (Lipinski definition) is 3. The molecule has 0 saturated heterocycles. The number of hydrogen-bond donors (Lipinski definition) is 2. The molecule has 1 saturated carbocycles. The van der Waals surface area contributed by atoms with Gasteiger partial charge < -0.3 is 10.2 Å². The van der Waals surface area contributed by atoms with Crippen molar-refractivity contribution in [2.24, 2.45) is 0 Å². The van der Waals surface area contributed by atoms with Crippen LogP contribution in [-0.2, 0) is 4.79 Å². The molecule has 0 amide bonds. The van der Waals surface area contributed by atoms with Crippen molar-refractivity contribution in [3.05, 3.63) is 0 Å². The Morgan fingerprint density at radius 3 is 2.67 bits per heavy atom. The summed E-state index contributed by atoms with van der Waals surface area (Å²) in [5.41, 5.74) is 0. The highest BCUT2D eigenvalue weighted by molar-refractivity contribution is 8.00. The average Bonchev–Trinajstić information content (AvgIpc) is 2.03. The smallest absolute Gasteiger partial charge is 0.313 e. The second kappa shape index (κ2) is 4.72. The lowest BCUT2D eigenvalue weighted by atomic mass is 9.97. The van der Waals surface area contributed by atoms with Crippen LogP contribution in [0.4, 0.5) is 0 Å². The molecular weight excluding hydrogens is 176 g/mol. The van der Waals surface area contributed by atoms with Crippen LogP contribution >= 0.6 is 11.8 Å². The minimum Gasteiger partial charge on any atom is -0.481 e. The molecule has 2 N–H and O–H groups in total. The van der Waals surface area contributed by atoms with Gasteiger partial charge in [0.05, 0.1) is 11.9 Å². The fraction of sp³-hybridized carbons (Fsp3) is 0.875. The fourth-order valence-electron chi connectivity index (χ4n) is 1.45. The van der Waals surface area contributed by atoms with Crippen LogP contribution in [0.25, 0.3) is 0 Å². The first-order chi connectivity index (χ1) is 5.70. The monoisotopic (exact) mass is 190 g/mol. The van der Waals surface area contributed by atoms with Crippen LogP contribution in [0.2, 0.25) is 0 Å². The van der Waals surface area contributed by atoms with Gasteiger partial charge in [0.25, 0.3) is 0 Å². The summed E-state index contributed by atoms with van der Waals surface area (Å²) in [5.74, 6) is -0.681. The molecular formula is C8H14O3S. The Morgan fingerprint density at radius 2 is 2.08 bits per heavy atom. The Kier molecular flexibility index (Phi) is 3.88. The molecule has 0 heterocycles. The zero-order chi connectivity index (χ0) is 8.97. The van der Waals surface area contributed by atoms with Crippen molar-refractivity contribution in [1.82, 2.24) is 0 Å². The first kappa shape index (κ1) is 9.86. The van der Waals surface area contributed by atoms with Crippen molar-refractivity contribution in [3.63, 3.8) is 0 Å². The number of aliphatic carboxylic acids is 1. The summed E-state index contributed by atoms with van der Waals surface area (Å²) < 4.78 is 0. The van der Waals surface area contributed by atoms with Gasteiger partial charge in [-0.3, -0.25) is 4.79 Å². The van der Waals surface area contributed by atoms with Gasteiger partial charge in [0.15, 0.2) is 0 Å². The fourth-order valence-corrected chi connectivity index (χ4v) is 2.50. The Morgan fingerprint density at radius 1 is 1.42 bits per heavy atom. The van der Waals surface area contributed by atoms with Crippen molar-refractivity contribution in [1.29, 1.82) is 0 Å². The molecule has 1 fully saturated rings. The van der Waals surface area contributed by atoms with Gasteiger partial charge in [0.2, 0.25) is 0 Å². The highest BCUT2D eigenvalue weighted by atomic mass is 32.2. The maximum atomic E-state index is 10.2. The summed E-state index contributed by atoms with van der Waals surface area (Å²) in [5, 5.41) is 18.0. The molecule has 4 heteroatoms.